The standard InChI is InChI=1S/C15H16Cl2N2O2/c1-2-21-15(20)13-9(8-19-7-6-18-14(13)19)12-10(16)4-3-5-11(12)17/h3-5,9,13H,2,6-8H2,1H3. The smallest absolute Gasteiger partial charge is 0.317 e. The number of benzene rings is 1. The highest BCUT2D eigenvalue weighted by Crippen LogP contribution is 2.42. The minimum atomic E-state index is -0.412. The molecule has 2 atom stereocenters. The van der Waals surface area contributed by atoms with Crippen LogP contribution in [0.15, 0.2) is 23.2 Å². The third-order valence-electron chi connectivity index (χ3n) is 3.98. The zero-order valence-corrected chi connectivity index (χ0v) is 13.2. The molecule has 1 aromatic rings. The Morgan fingerprint density at radius 3 is 2.81 bits per heavy atom. The van der Waals surface area contributed by atoms with E-state index in [2.05, 4.69) is 9.89 Å². The van der Waals surface area contributed by atoms with Gasteiger partial charge in [-0.1, -0.05) is 29.3 Å². The monoisotopic (exact) mass is 326 g/mol. The van der Waals surface area contributed by atoms with Crippen LogP contribution in [0.3, 0.4) is 0 Å². The molecule has 0 bridgehead atoms. The molecule has 0 aromatic heterocycles. The molecule has 21 heavy (non-hydrogen) atoms. The van der Waals surface area contributed by atoms with E-state index >= 15 is 0 Å². The fourth-order valence-electron chi connectivity index (χ4n) is 3.13. The molecule has 0 saturated carbocycles. The summed E-state index contributed by atoms with van der Waals surface area (Å²) < 4.78 is 5.23. The normalized spacial score (nSPS) is 24.0. The molecular weight excluding hydrogens is 311 g/mol. The molecule has 2 heterocycles. The lowest BCUT2D eigenvalue weighted by Gasteiger charge is -2.19. The molecule has 112 valence electrons. The van der Waals surface area contributed by atoms with Crippen LogP contribution in [0, 0.1) is 5.92 Å². The van der Waals surface area contributed by atoms with Gasteiger partial charge in [-0.2, -0.15) is 0 Å². The zero-order chi connectivity index (χ0) is 15.0. The van der Waals surface area contributed by atoms with E-state index in [1.165, 1.54) is 0 Å². The van der Waals surface area contributed by atoms with E-state index in [1.54, 1.807) is 25.1 Å². The Balaban J connectivity index is 2.02. The quantitative estimate of drug-likeness (QED) is 0.802. The van der Waals surface area contributed by atoms with E-state index in [9.17, 15) is 4.79 Å². The predicted molar refractivity (Wildman–Crippen MR) is 83.2 cm³/mol. The molecule has 1 saturated heterocycles. The summed E-state index contributed by atoms with van der Waals surface area (Å²) in [6.07, 6.45) is 0. The van der Waals surface area contributed by atoms with Crippen LogP contribution in [-0.2, 0) is 9.53 Å². The summed E-state index contributed by atoms with van der Waals surface area (Å²) in [6.45, 7) is 4.42. The molecule has 4 nitrogen and oxygen atoms in total. The largest absolute Gasteiger partial charge is 0.465 e. The number of aliphatic imine (C=N–C) groups is 1. The second-order valence-corrected chi connectivity index (χ2v) is 5.97. The van der Waals surface area contributed by atoms with Gasteiger partial charge in [0, 0.05) is 29.1 Å². The molecule has 0 aliphatic carbocycles. The van der Waals surface area contributed by atoms with E-state index in [4.69, 9.17) is 27.9 Å². The van der Waals surface area contributed by atoms with Crippen molar-refractivity contribution in [1.29, 1.82) is 0 Å². The van der Waals surface area contributed by atoms with Crippen LogP contribution in [0.1, 0.15) is 18.4 Å². The first kappa shape index (κ1) is 14.7. The second kappa shape index (κ2) is 5.85. The van der Waals surface area contributed by atoms with Crippen LogP contribution in [0.25, 0.3) is 0 Å². The maximum atomic E-state index is 12.4. The molecule has 3 rings (SSSR count). The van der Waals surface area contributed by atoms with Gasteiger partial charge in [0.2, 0.25) is 0 Å². The molecule has 6 heteroatoms. The lowest BCUT2D eigenvalue weighted by molar-refractivity contribution is -0.145. The van der Waals surface area contributed by atoms with Gasteiger partial charge >= 0.3 is 5.97 Å². The second-order valence-electron chi connectivity index (χ2n) is 5.16. The summed E-state index contributed by atoms with van der Waals surface area (Å²) >= 11 is 12.6. The molecular formula is C15H16Cl2N2O2. The number of rotatable bonds is 3. The minimum absolute atomic E-state index is 0.107. The molecule has 0 N–H and O–H groups in total. The van der Waals surface area contributed by atoms with Gasteiger partial charge in [0.15, 0.2) is 0 Å². The average Bonchev–Trinajstić information content (AvgIpc) is 2.99. The van der Waals surface area contributed by atoms with E-state index in [0.29, 0.717) is 23.2 Å². The Labute approximate surface area is 133 Å². The lowest BCUT2D eigenvalue weighted by Crippen LogP contribution is -2.29. The van der Waals surface area contributed by atoms with E-state index < -0.39 is 5.92 Å². The summed E-state index contributed by atoms with van der Waals surface area (Å²) in [5, 5.41) is 1.17. The third kappa shape index (κ3) is 2.51. The molecule has 2 aliphatic heterocycles. The number of nitrogens with zero attached hydrogens (tertiary/aromatic N) is 2. The topological polar surface area (TPSA) is 41.9 Å². The third-order valence-corrected chi connectivity index (χ3v) is 4.64. The number of hydrogen-bond donors (Lipinski definition) is 0. The lowest BCUT2D eigenvalue weighted by atomic mass is 9.88. The molecule has 1 fully saturated rings. The Morgan fingerprint density at radius 1 is 1.43 bits per heavy atom. The highest BCUT2D eigenvalue weighted by molar-refractivity contribution is 6.36. The summed E-state index contributed by atoms with van der Waals surface area (Å²) in [4.78, 5) is 19.0. The molecule has 2 aliphatic rings. The van der Waals surface area contributed by atoms with Crippen LogP contribution in [0.4, 0.5) is 0 Å². The predicted octanol–water partition coefficient (Wildman–Crippen LogP) is 2.98. The summed E-state index contributed by atoms with van der Waals surface area (Å²) in [5.74, 6) is 0.0465. The summed E-state index contributed by atoms with van der Waals surface area (Å²) in [7, 11) is 0. The first-order valence-corrected chi connectivity index (χ1v) is 7.79. The SMILES string of the molecule is CCOC(=O)C1C2=NCCN2CC1c1c(Cl)cccc1Cl. The van der Waals surface area contributed by atoms with Gasteiger partial charge in [-0.3, -0.25) is 9.79 Å². The fraction of sp³-hybridized carbons (Fsp3) is 0.467. The van der Waals surface area contributed by atoms with Crippen molar-refractivity contribution in [3.63, 3.8) is 0 Å². The maximum Gasteiger partial charge on any atom is 0.317 e. The Bertz CT molecular complexity index is 583. The first-order valence-electron chi connectivity index (χ1n) is 7.03. The molecule has 2 unspecified atom stereocenters. The number of carbonyl (C=O) groups is 1. The van der Waals surface area contributed by atoms with Gasteiger partial charge < -0.3 is 9.64 Å². The van der Waals surface area contributed by atoms with Gasteiger partial charge in [-0.15, -0.1) is 0 Å². The summed E-state index contributed by atoms with van der Waals surface area (Å²) in [6, 6.07) is 5.41. The van der Waals surface area contributed by atoms with Crippen molar-refractivity contribution in [2.45, 2.75) is 12.8 Å². The number of hydrogen-bond acceptors (Lipinski definition) is 4. The molecule has 0 radical (unpaired) electrons. The van der Waals surface area contributed by atoms with Crippen molar-refractivity contribution in [2.75, 3.05) is 26.2 Å². The van der Waals surface area contributed by atoms with Crippen LogP contribution in [0.5, 0.6) is 0 Å². The number of halogens is 2. The van der Waals surface area contributed by atoms with Crippen molar-refractivity contribution in [1.82, 2.24) is 4.90 Å². The molecule has 0 spiro atoms. The van der Waals surface area contributed by atoms with Crippen molar-refractivity contribution in [3.05, 3.63) is 33.8 Å². The van der Waals surface area contributed by atoms with Crippen LogP contribution < -0.4 is 0 Å². The summed E-state index contributed by atoms with van der Waals surface area (Å²) in [5.41, 5.74) is 0.816. The molecule has 0 amide bonds. The van der Waals surface area contributed by atoms with E-state index in [1.807, 2.05) is 0 Å². The number of ether oxygens (including phenoxy) is 1. The zero-order valence-electron chi connectivity index (χ0n) is 11.7. The van der Waals surface area contributed by atoms with Crippen LogP contribution in [-0.4, -0.2) is 42.9 Å². The first-order chi connectivity index (χ1) is 10.1. The van der Waals surface area contributed by atoms with E-state index in [-0.39, 0.29) is 11.9 Å². The molecule has 1 aromatic carbocycles. The number of carbonyl (C=O) groups excluding carboxylic acids is 1. The van der Waals surface area contributed by atoms with Crippen LogP contribution in [0.2, 0.25) is 10.0 Å². The average molecular weight is 327 g/mol. The van der Waals surface area contributed by atoms with Crippen molar-refractivity contribution < 1.29 is 9.53 Å². The van der Waals surface area contributed by atoms with Crippen LogP contribution >= 0.6 is 23.2 Å². The van der Waals surface area contributed by atoms with Crippen molar-refractivity contribution in [2.24, 2.45) is 10.9 Å². The van der Waals surface area contributed by atoms with Gasteiger partial charge in [0.25, 0.3) is 0 Å². The Kier molecular flexibility index (Phi) is 4.09. The van der Waals surface area contributed by atoms with E-state index in [0.717, 1.165) is 24.5 Å². The maximum absolute atomic E-state index is 12.4. The van der Waals surface area contributed by atoms with Crippen molar-refractivity contribution >= 4 is 35.0 Å². The number of amidine groups is 1. The highest BCUT2D eigenvalue weighted by Gasteiger charge is 2.47. The van der Waals surface area contributed by atoms with Gasteiger partial charge in [0.1, 0.15) is 11.8 Å². The highest BCUT2D eigenvalue weighted by atomic mass is 35.5. The van der Waals surface area contributed by atoms with Crippen molar-refractivity contribution in [3.8, 4) is 0 Å². The Morgan fingerprint density at radius 2 is 2.14 bits per heavy atom. The Hall–Kier alpha value is -1.26. The van der Waals surface area contributed by atoms with Gasteiger partial charge in [-0.25, -0.2) is 0 Å². The fourth-order valence-corrected chi connectivity index (χ4v) is 3.80. The minimum Gasteiger partial charge on any atom is -0.465 e. The van der Waals surface area contributed by atoms with Gasteiger partial charge in [-0.05, 0) is 24.6 Å². The number of fused-ring (bicyclic) bond motifs is 1. The number of esters is 1. The van der Waals surface area contributed by atoms with Gasteiger partial charge in [0.05, 0.1) is 13.2 Å².